The topological polar surface area (TPSA) is 12.0 Å². The zero-order chi connectivity index (χ0) is 14.4. The van der Waals surface area contributed by atoms with E-state index < -0.39 is 0 Å². The predicted octanol–water partition coefficient (Wildman–Crippen LogP) is 5.02. The van der Waals surface area contributed by atoms with Gasteiger partial charge in [-0.15, -0.1) is 0 Å². The maximum absolute atomic E-state index is 13.0. The zero-order valence-electron chi connectivity index (χ0n) is 12.1. The monoisotopic (exact) mass is 271 g/mol. The largest absolute Gasteiger partial charge is 0.303 e. The van der Waals surface area contributed by atoms with Crippen LogP contribution in [0.3, 0.4) is 0 Å². The summed E-state index contributed by atoms with van der Waals surface area (Å²) in [6, 6.07) is 17.9. The SMILES string of the molecule is CCC(NC(CC)c1ccc(F)cc1)c1ccccc1. The highest BCUT2D eigenvalue weighted by Gasteiger charge is 2.15. The van der Waals surface area contributed by atoms with E-state index in [1.54, 1.807) is 0 Å². The van der Waals surface area contributed by atoms with Gasteiger partial charge < -0.3 is 5.32 Å². The first-order valence-electron chi connectivity index (χ1n) is 7.31. The van der Waals surface area contributed by atoms with E-state index in [4.69, 9.17) is 0 Å². The average Bonchev–Trinajstić information content (AvgIpc) is 2.51. The van der Waals surface area contributed by atoms with Gasteiger partial charge in [0.2, 0.25) is 0 Å². The Kier molecular flexibility index (Phi) is 5.31. The van der Waals surface area contributed by atoms with Crippen LogP contribution in [-0.4, -0.2) is 0 Å². The lowest BCUT2D eigenvalue weighted by molar-refractivity contribution is 0.425. The van der Waals surface area contributed by atoms with Gasteiger partial charge in [0.15, 0.2) is 0 Å². The van der Waals surface area contributed by atoms with E-state index in [1.165, 1.54) is 17.7 Å². The van der Waals surface area contributed by atoms with E-state index in [-0.39, 0.29) is 11.9 Å². The van der Waals surface area contributed by atoms with Crippen molar-refractivity contribution < 1.29 is 4.39 Å². The molecule has 2 aromatic rings. The van der Waals surface area contributed by atoms with Gasteiger partial charge in [-0.3, -0.25) is 0 Å². The van der Waals surface area contributed by atoms with Crippen LogP contribution in [-0.2, 0) is 0 Å². The molecule has 0 saturated heterocycles. The molecule has 20 heavy (non-hydrogen) atoms. The number of nitrogens with one attached hydrogen (secondary N) is 1. The molecular weight excluding hydrogens is 249 g/mol. The molecule has 0 aliphatic rings. The third kappa shape index (κ3) is 3.67. The third-order valence-electron chi connectivity index (χ3n) is 3.69. The molecule has 2 aromatic carbocycles. The molecule has 2 unspecified atom stereocenters. The fraction of sp³-hybridized carbons (Fsp3) is 0.333. The standard InChI is InChI=1S/C18H22FN/c1-3-17(14-8-6-5-7-9-14)20-18(4-2)15-10-12-16(19)13-11-15/h5-13,17-18,20H,3-4H2,1-2H3. The molecule has 0 bridgehead atoms. The first-order chi connectivity index (χ1) is 9.74. The molecule has 0 saturated carbocycles. The van der Waals surface area contributed by atoms with Gasteiger partial charge in [0.1, 0.15) is 5.82 Å². The Labute approximate surface area is 120 Å². The number of hydrogen-bond acceptors (Lipinski definition) is 1. The second-order valence-corrected chi connectivity index (χ2v) is 5.05. The van der Waals surface area contributed by atoms with Crippen molar-refractivity contribution in [2.75, 3.05) is 0 Å². The van der Waals surface area contributed by atoms with Crippen LogP contribution in [0.4, 0.5) is 4.39 Å². The van der Waals surface area contributed by atoms with E-state index in [2.05, 4.69) is 43.4 Å². The van der Waals surface area contributed by atoms with Crippen LogP contribution in [0.15, 0.2) is 54.6 Å². The lowest BCUT2D eigenvalue weighted by Gasteiger charge is -2.25. The Morgan fingerprint density at radius 3 is 1.80 bits per heavy atom. The molecule has 2 rings (SSSR count). The summed E-state index contributed by atoms with van der Waals surface area (Å²) in [7, 11) is 0. The van der Waals surface area contributed by atoms with Crippen LogP contribution in [0, 0.1) is 5.82 Å². The Morgan fingerprint density at radius 2 is 1.30 bits per heavy atom. The van der Waals surface area contributed by atoms with Crippen LogP contribution < -0.4 is 5.32 Å². The zero-order valence-corrected chi connectivity index (χ0v) is 12.1. The minimum absolute atomic E-state index is 0.182. The van der Waals surface area contributed by atoms with Gasteiger partial charge in [-0.25, -0.2) is 4.39 Å². The minimum atomic E-state index is -0.182. The third-order valence-corrected chi connectivity index (χ3v) is 3.69. The van der Waals surface area contributed by atoms with Crippen molar-refractivity contribution in [1.82, 2.24) is 5.32 Å². The predicted molar refractivity (Wildman–Crippen MR) is 82.0 cm³/mol. The van der Waals surface area contributed by atoms with Gasteiger partial charge in [0.25, 0.3) is 0 Å². The summed E-state index contributed by atoms with van der Waals surface area (Å²) in [5, 5.41) is 3.68. The van der Waals surface area contributed by atoms with Crippen molar-refractivity contribution in [1.29, 1.82) is 0 Å². The maximum atomic E-state index is 13.0. The number of halogens is 1. The van der Waals surface area contributed by atoms with Crippen molar-refractivity contribution in [2.45, 2.75) is 38.8 Å². The summed E-state index contributed by atoms with van der Waals surface area (Å²) < 4.78 is 13.0. The summed E-state index contributed by atoms with van der Waals surface area (Å²) in [6.07, 6.45) is 2.01. The molecule has 0 fully saturated rings. The van der Waals surface area contributed by atoms with Crippen molar-refractivity contribution in [2.24, 2.45) is 0 Å². The molecule has 2 atom stereocenters. The van der Waals surface area contributed by atoms with Crippen LogP contribution in [0.25, 0.3) is 0 Å². The van der Waals surface area contributed by atoms with Gasteiger partial charge in [-0.05, 0) is 36.1 Å². The highest BCUT2D eigenvalue weighted by molar-refractivity contribution is 5.23. The molecule has 106 valence electrons. The molecule has 0 heterocycles. The highest BCUT2D eigenvalue weighted by Crippen LogP contribution is 2.24. The van der Waals surface area contributed by atoms with E-state index in [1.807, 2.05) is 18.2 Å². The highest BCUT2D eigenvalue weighted by atomic mass is 19.1. The van der Waals surface area contributed by atoms with Gasteiger partial charge in [0.05, 0.1) is 0 Å². The van der Waals surface area contributed by atoms with E-state index in [9.17, 15) is 4.39 Å². The second-order valence-electron chi connectivity index (χ2n) is 5.05. The number of rotatable bonds is 6. The molecular formula is C18H22FN. The van der Waals surface area contributed by atoms with Gasteiger partial charge in [-0.1, -0.05) is 56.3 Å². The van der Waals surface area contributed by atoms with Crippen LogP contribution >= 0.6 is 0 Å². The summed E-state index contributed by atoms with van der Waals surface area (Å²) in [5.74, 6) is -0.182. The molecule has 2 heteroatoms. The fourth-order valence-electron chi connectivity index (χ4n) is 2.52. The smallest absolute Gasteiger partial charge is 0.123 e. The Morgan fingerprint density at radius 1 is 0.800 bits per heavy atom. The summed E-state index contributed by atoms with van der Waals surface area (Å²) in [4.78, 5) is 0. The van der Waals surface area contributed by atoms with Crippen LogP contribution in [0.1, 0.15) is 49.9 Å². The Balaban J connectivity index is 2.14. The molecule has 0 aliphatic carbocycles. The molecule has 0 amide bonds. The molecule has 0 aromatic heterocycles. The average molecular weight is 271 g/mol. The Bertz CT molecular complexity index is 507. The number of benzene rings is 2. The van der Waals surface area contributed by atoms with Gasteiger partial charge in [-0.2, -0.15) is 0 Å². The fourth-order valence-corrected chi connectivity index (χ4v) is 2.52. The van der Waals surface area contributed by atoms with E-state index >= 15 is 0 Å². The first-order valence-corrected chi connectivity index (χ1v) is 7.31. The Hall–Kier alpha value is -1.67. The van der Waals surface area contributed by atoms with E-state index in [0.717, 1.165) is 18.4 Å². The van der Waals surface area contributed by atoms with Gasteiger partial charge >= 0.3 is 0 Å². The first kappa shape index (κ1) is 14.7. The second kappa shape index (κ2) is 7.20. The molecule has 0 radical (unpaired) electrons. The number of hydrogen-bond donors (Lipinski definition) is 1. The minimum Gasteiger partial charge on any atom is -0.303 e. The summed E-state index contributed by atoms with van der Waals surface area (Å²) in [5.41, 5.74) is 2.44. The lowest BCUT2D eigenvalue weighted by Crippen LogP contribution is -2.25. The van der Waals surface area contributed by atoms with E-state index in [0.29, 0.717) is 6.04 Å². The molecule has 1 N–H and O–H groups in total. The van der Waals surface area contributed by atoms with Crippen molar-refractivity contribution >= 4 is 0 Å². The molecule has 0 spiro atoms. The van der Waals surface area contributed by atoms with Crippen molar-refractivity contribution in [3.8, 4) is 0 Å². The quantitative estimate of drug-likeness (QED) is 0.778. The van der Waals surface area contributed by atoms with Crippen molar-refractivity contribution in [3.05, 3.63) is 71.5 Å². The summed E-state index contributed by atoms with van der Waals surface area (Å²) >= 11 is 0. The maximum Gasteiger partial charge on any atom is 0.123 e. The van der Waals surface area contributed by atoms with Crippen molar-refractivity contribution in [3.63, 3.8) is 0 Å². The molecule has 1 nitrogen and oxygen atoms in total. The summed E-state index contributed by atoms with van der Waals surface area (Å²) in [6.45, 7) is 4.33. The van der Waals surface area contributed by atoms with Crippen LogP contribution in [0.2, 0.25) is 0 Å². The lowest BCUT2D eigenvalue weighted by atomic mass is 9.99. The van der Waals surface area contributed by atoms with Gasteiger partial charge in [0, 0.05) is 12.1 Å². The normalized spacial score (nSPS) is 13.9. The van der Waals surface area contributed by atoms with Crippen LogP contribution in [0.5, 0.6) is 0 Å². The molecule has 0 aliphatic heterocycles.